The molecule has 1 aromatic rings. The van der Waals surface area contributed by atoms with Crippen LogP contribution < -0.4 is 10.6 Å². The summed E-state index contributed by atoms with van der Waals surface area (Å²) in [5.74, 6) is 0.193. The second-order valence-corrected chi connectivity index (χ2v) is 5.44. The summed E-state index contributed by atoms with van der Waals surface area (Å²) in [7, 11) is 0. The topological polar surface area (TPSA) is 29.3 Å². The van der Waals surface area contributed by atoms with Gasteiger partial charge in [-0.05, 0) is 30.9 Å². The average molecular weight is 272 g/mol. The van der Waals surface area contributed by atoms with Crippen LogP contribution in [0.15, 0.2) is 24.3 Å². The number of fused-ring (bicyclic) bond motifs is 1. The molecular formula is C14H19F3N2. The highest BCUT2D eigenvalue weighted by atomic mass is 19.4. The van der Waals surface area contributed by atoms with Crippen LogP contribution in [0, 0.1) is 5.92 Å². The van der Waals surface area contributed by atoms with Crippen molar-refractivity contribution in [1.82, 2.24) is 0 Å². The van der Waals surface area contributed by atoms with Crippen LogP contribution in [0.4, 0.5) is 18.9 Å². The molecule has 0 amide bonds. The molecule has 106 valence electrons. The molecule has 3 atom stereocenters. The fraction of sp³-hybridized carbons (Fsp3) is 0.571. The summed E-state index contributed by atoms with van der Waals surface area (Å²) in [5, 5.41) is 0. The summed E-state index contributed by atoms with van der Waals surface area (Å²) in [5.41, 5.74) is 7.23. The van der Waals surface area contributed by atoms with Crippen molar-refractivity contribution in [3.05, 3.63) is 29.8 Å². The van der Waals surface area contributed by atoms with E-state index >= 15 is 0 Å². The van der Waals surface area contributed by atoms with Crippen molar-refractivity contribution in [3.63, 3.8) is 0 Å². The molecule has 1 aliphatic rings. The molecule has 0 radical (unpaired) electrons. The summed E-state index contributed by atoms with van der Waals surface area (Å²) >= 11 is 0. The van der Waals surface area contributed by atoms with E-state index in [2.05, 4.69) is 0 Å². The van der Waals surface area contributed by atoms with E-state index in [9.17, 15) is 13.2 Å². The lowest BCUT2D eigenvalue weighted by Gasteiger charge is -2.42. The van der Waals surface area contributed by atoms with Gasteiger partial charge in [0.1, 0.15) is 6.04 Å². The van der Waals surface area contributed by atoms with Gasteiger partial charge in [0.15, 0.2) is 0 Å². The number of para-hydroxylation sites is 1. The first-order chi connectivity index (χ1) is 8.80. The van der Waals surface area contributed by atoms with Crippen molar-refractivity contribution < 1.29 is 13.2 Å². The van der Waals surface area contributed by atoms with Crippen LogP contribution >= 0.6 is 0 Å². The molecule has 2 nitrogen and oxygen atoms in total. The maximum absolute atomic E-state index is 13.3. The summed E-state index contributed by atoms with van der Waals surface area (Å²) in [6.45, 7) is 3.78. The van der Waals surface area contributed by atoms with E-state index in [1.165, 1.54) is 11.8 Å². The van der Waals surface area contributed by atoms with Gasteiger partial charge < -0.3 is 10.6 Å². The maximum Gasteiger partial charge on any atom is 0.410 e. The Morgan fingerprint density at radius 1 is 1.32 bits per heavy atom. The lowest BCUT2D eigenvalue weighted by atomic mass is 9.91. The summed E-state index contributed by atoms with van der Waals surface area (Å²) in [6, 6.07) is 4.70. The number of hydrogen-bond donors (Lipinski definition) is 1. The first-order valence-electron chi connectivity index (χ1n) is 6.47. The fourth-order valence-corrected chi connectivity index (χ4v) is 2.86. The Morgan fingerprint density at radius 3 is 2.53 bits per heavy atom. The normalized spacial score (nSPS) is 22.8. The Labute approximate surface area is 111 Å². The summed E-state index contributed by atoms with van der Waals surface area (Å²) < 4.78 is 39.8. The van der Waals surface area contributed by atoms with E-state index in [-0.39, 0.29) is 5.92 Å². The molecule has 0 aliphatic carbocycles. The molecule has 1 aliphatic heterocycles. The Morgan fingerprint density at radius 2 is 1.95 bits per heavy atom. The standard InChI is InChI=1S/C14H19F3N2/c1-9-7-11-5-3-4-6-12(11)19(8-9)13(10(2)18)14(15,16)17/h3-6,9-10,13H,7-8,18H2,1-2H3. The van der Waals surface area contributed by atoms with Crippen LogP contribution in [0.25, 0.3) is 0 Å². The SMILES string of the molecule is CC1Cc2ccccc2N(C(C(C)N)C(F)(F)F)C1. The van der Waals surface area contributed by atoms with E-state index in [0.29, 0.717) is 12.2 Å². The number of nitrogens with zero attached hydrogens (tertiary/aromatic N) is 1. The molecule has 0 saturated carbocycles. The molecular weight excluding hydrogens is 253 g/mol. The zero-order valence-corrected chi connectivity index (χ0v) is 11.1. The van der Waals surface area contributed by atoms with E-state index in [1.54, 1.807) is 12.1 Å². The van der Waals surface area contributed by atoms with Crippen LogP contribution in [-0.2, 0) is 6.42 Å². The molecule has 0 fully saturated rings. The van der Waals surface area contributed by atoms with E-state index in [1.807, 2.05) is 19.1 Å². The molecule has 0 saturated heterocycles. The van der Waals surface area contributed by atoms with Crippen LogP contribution in [-0.4, -0.2) is 24.8 Å². The monoisotopic (exact) mass is 272 g/mol. The predicted molar refractivity (Wildman–Crippen MR) is 70.1 cm³/mol. The van der Waals surface area contributed by atoms with Gasteiger partial charge >= 0.3 is 6.18 Å². The van der Waals surface area contributed by atoms with E-state index < -0.39 is 18.3 Å². The van der Waals surface area contributed by atoms with Gasteiger partial charge in [0.2, 0.25) is 0 Å². The van der Waals surface area contributed by atoms with Crippen LogP contribution in [0.5, 0.6) is 0 Å². The van der Waals surface area contributed by atoms with Crippen molar-refractivity contribution in [2.24, 2.45) is 11.7 Å². The van der Waals surface area contributed by atoms with Crippen LogP contribution in [0.3, 0.4) is 0 Å². The number of benzene rings is 1. The molecule has 3 unspecified atom stereocenters. The second kappa shape index (κ2) is 5.04. The second-order valence-electron chi connectivity index (χ2n) is 5.44. The zero-order chi connectivity index (χ0) is 14.2. The lowest BCUT2D eigenvalue weighted by Crippen LogP contribution is -2.57. The highest BCUT2D eigenvalue weighted by Crippen LogP contribution is 2.36. The lowest BCUT2D eigenvalue weighted by molar-refractivity contribution is -0.152. The minimum absolute atomic E-state index is 0.193. The minimum Gasteiger partial charge on any atom is -0.358 e. The van der Waals surface area contributed by atoms with Gasteiger partial charge in [-0.2, -0.15) is 13.2 Å². The molecule has 0 spiro atoms. The third-order valence-corrected chi connectivity index (χ3v) is 3.55. The van der Waals surface area contributed by atoms with Gasteiger partial charge in [0, 0.05) is 18.3 Å². The first kappa shape index (κ1) is 14.2. The van der Waals surface area contributed by atoms with Gasteiger partial charge in [0.25, 0.3) is 0 Å². The Balaban J connectivity index is 2.43. The highest BCUT2D eigenvalue weighted by molar-refractivity contribution is 5.57. The summed E-state index contributed by atoms with van der Waals surface area (Å²) in [6.07, 6.45) is -3.51. The van der Waals surface area contributed by atoms with Crippen molar-refractivity contribution in [2.75, 3.05) is 11.4 Å². The highest BCUT2D eigenvalue weighted by Gasteiger charge is 2.47. The largest absolute Gasteiger partial charge is 0.410 e. The number of rotatable bonds is 2. The van der Waals surface area contributed by atoms with Gasteiger partial charge in [-0.1, -0.05) is 25.1 Å². The Kier molecular flexibility index (Phi) is 3.76. The van der Waals surface area contributed by atoms with Crippen molar-refractivity contribution in [2.45, 2.75) is 38.5 Å². The fourth-order valence-electron chi connectivity index (χ4n) is 2.86. The zero-order valence-electron chi connectivity index (χ0n) is 11.1. The van der Waals surface area contributed by atoms with E-state index in [4.69, 9.17) is 5.73 Å². The first-order valence-corrected chi connectivity index (χ1v) is 6.47. The number of anilines is 1. The minimum atomic E-state index is -4.32. The number of alkyl halides is 3. The molecule has 0 aromatic heterocycles. The number of hydrogen-bond acceptors (Lipinski definition) is 2. The third kappa shape index (κ3) is 2.86. The molecule has 19 heavy (non-hydrogen) atoms. The predicted octanol–water partition coefficient (Wildman–Crippen LogP) is 2.96. The van der Waals surface area contributed by atoms with Crippen molar-refractivity contribution >= 4 is 5.69 Å². The average Bonchev–Trinajstić information content (AvgIpc) is 2.26. The Bertz CT molecular complexity index is 443. The molecule has 2 N–H and O–H groups in total. The van der Waals surface area contributed by atoms with Crippen LogP contribution in [0.2, 0.25) is 0 Å². The maximum atomic E-state index is 13.3. The van der Waals surface area contributed by atoms with Gasteiger partial charge in [-0.15, -0.1) is 0 Å². The molecule has 0 bridgehead atoms. The van der Waals surface area contributed by atoms with Crippen molar-refractivity contribution in [1.29, 1.82) is 0 Å². The van der Waals surface area contributed by atoms with Crippen LogP contribution in [0.1, 0.15) is 19.4 Å². The quantitative estimate of drug-likeness (QED) is 0.897. The summed E-state index contributed by atoms with van der Waals surface area (Å²) in [4.78, 5) is 1.42. The van der Waals surface area contributed by atoms with Crippen molar-refractivity contribution in [3.8, 4) is 0 Å². The molecule has 2 rings (SSSR count). The van der Waals surface area contributed by atoms with Gasteiger partial charge in [0.05, 0.1) is 0 Å². The molecule has 1 aromatic carbocycles. The van der Waals surface area contributed by atoms with Gasteiger partial charge in [-0.3, -0.25) is 0 Å². The van der Waals surface area contributed by atoms with Gasteiger partial charge in [-0.25, -0.2) is 0 Å². The van der Waals surface area contributed by atoms with E-state index in [0.717, 1.165) is 12.0 Å². The number of nitrogens with two attached hydrogens (primary N) is 1. The smallest absolute Gasteiger partial charge is 0.358 e. The third-order valence-electron chi connectivity index (χ3n) is 3.55. The molecule has 5 heteroatoms. The number of halogens is 3. The molecule has 1 heterocycles. The Hall–Kier alpha value is -1.23.